The molecule has 3 aromatic rings. The van der Waals surface area contributed by atoms with Crippen molar-refractivity contribution in [3.8, 4) is 0 Å². The molecule has 31 heavy (non-hydrogen) atoms. The minimum atomic E-state index is -0.681. The van der Waals surface area contributed by atoms with Crippen molar-refractivity contribution in [1.82, 2.24) is 9.97 Å². The number of benzene rings is 2. The molecular formula is C22H23N5O4. The molecule has 3 rings (SSSR count). The molecule has 0 saturated heterocycles. The number of carbonyl (C=O) groups is 3. The first-order valence-corrected chi connectivity index (χ1v) is 9.53. The molecular weight excluding hydrogens is 398 g/mol. The normalized spacial score (nSPS) is 11.1. The van der Waals surface area contributed by atoms with Gasteiger partial charge in [0.1, 0.15) is 24.0 Å². The van der Waals surface area contributed by atoms with E-state index in [1.165, 1.54) is 12.4 Å². The van der Waals surface area contributed by atoms with Gasteiger partial charge in [0.2, 0.25) is 0 Å². The molecule has 0 spiro atoms. The van der Waals surface area contributed by atoms with Gasteiger partial charge in [-0.1, -0.05) is 12.1 Å². The summed E-state index contributed by atoms with van der Waals surface area (Å²) in [6.45, 7) is 5.74. The smallest absolute Gasteiger partial charge is 0.412 e. The lowest BCUT2D eigenvalue weighted by Crippen LogP contribution is -2.27. The van der Waals surface area contributed by atoms with Gasteiger partial charge in [-0.2, -0.15) is 0 Å². The standard InChI is InChI=1S/C22H23N5O4/c1-22(2,3)31-21(30)27-15-6-4-5-13(7-15)10-24-20-17-9-14(11-28)8-16(19(23)29)18(17)25-12-26-20/h4-9,11-12H,10H2,1-3H3,(H2,23,29)(H,27,30)(H,24,25,26). The van der Waals surface area contributed by atoms with E-state index in [4.69, 9.17) is 10.5 Å². The Hall–Kier alpha value is -4.01. The summed E-state index contributed by atoms with van der Waals surface area (Å²) in [6.07, 6.45) is 1.41. The fourth-order valence-electron chi connectivity index (χ4n) is 2.95. The Morgan fingerprint density at radius 1 is 1.16 bits per heavy atom. The Labute approximate surface area is 179 Å². The number of anilines is 2. The van der Waals surface area contributed by atoms with Crippen LogP contribution in [0.4, 0.5) is 16.3 Å². The summed E-state index contributed by atoms with van der Waals surface area (Å²) in [4.78, 5) is 43.4. The predicted molar refractivity (Wildman–Crippen MR) is 117 cm³/mol. The zero-order valence-corrected chi connectivity index (χ0v) is 17.4. The van der Waals surface area contributed by atoms with Crippen molar-refractivity contribution in [1.29, 1.82) is 0 Å². The lowest BCUT2D eigenvalue weighted by Gasteiger charge is -2.19. The van der Waals surface area contributed by atoms with Gasteiger partial charge >= 0.3 is 6.09 Å². The Kier molecular flexibility index (Phi) is 6.15. The molecule has 9 heteroatoms. The first kappa shape index (κ1) is 21.7. The van der Waals surface area contributed by atoms with Crippen LogP contribution in [-0.2, 0) is 11.3 Å². The van der Waals surface area contributed by atoms with E-state index in [1.54, 1.807) is 45.0 Å². The van der Waals surface area contributed by atoms with Gasteiger partial charge in [-0.3, -0.25) is 14.9 Å². The van der Waals surface area contributed by atoms with Crippen molar-refractivity contribution in [3.05, 3.63) is 59.4 Å². The molecule has 0 aliphatic carbocycles. The van der Waals surface area contributed by atoms with E-state index in [9.17, 15) is 14.4 Å². The highest BCUT2D eigenvalue weighted by Gasteiger charge is 2.16. The van der Waals surface area contributed by atoms with Crippen LogP contribution in [0.3, 0.4) is 0 Å². The number of primary amides is 1. The number of amides is 2. The van der Waals surface area contributed by atoms with Crippen LogP contribution in [0.1, 0.15) is 47.1 Å². The van der Waals surface area contributed by atoms with Gasteiger partial charge < -0.3 is 15.8 Å². The fourth-order valence-corrected chi connectivity index (χ4v) is 2.95. The zero-order valence-electron chi connectivity index (χ0n) is 17.4. The van der Waals surface area contributed by atoms with Crippen LogP contribution in [0, 0.1) is 0 Å². The molecule has 1 aromatic heterocycles. The van der Waals surface area contributed by atoms with E-state index in [-0.39, 0.29) is 5.56 Å². The van der Waals surface area contributed by atoms with E-state index in [1.807, 2.05) is 6.07 Å². The highest BCUT2D eigenvalue weighted by molar-refractivity contribution is 6.08. The predicted octanol–water partition coefficient (Wildman–Crippen LogP) is 3.50. The molecule has 1 heterocycles. The summed E-state index contributed by atoms with van der Waals surface area (Å²) in [5.41, 5.74) is 7.08. The molecule has 160 valence electrons. The molecule has 0 atom stereocenters. The number of nitrogens with zero attached hydrogens (tertiary/aromatic N) is 2. The Morgan fingerprint density at radius 3 is 2.61 bits per heavy atom. The van der Waals surface area contributed by atoms with Crippen LogP contribution < -0.4 is 16.4 Å². The number of carbonyl (C=O) groups excluding carboxylic acids is 3. The zero-order chi connectivity index (χ0) is 22.6. The third-order valence-corrected chi connectivity index (χ3v) is 4.19. The molecule has 9 nitrogen and oxygen atoms in total. The summed E-state index contributed by atoms with van der Waals surface area (Å²) in [7, 11) is 0. The van der Waals surface area contributed by atoms with Crippen molar-refractivity contribution in [2.75, 3.05) is 10.6 Å². The number of aromatic nitrogens is 2. The second-order valence-corrected chi connectivity index (χ2v) is 7.85. The second kappa shape index (κ2) is 8.78. The van der Waals surface area contributed by atoms with Crippen molar-refractivity contribution >= 4 is 40.7 Å². The molecule has 0 unspecified atom stereocenters. The molecule has 0 aliphatic rings. The lowest BCUT2D eigenvalue weighted by atomic mass is 10.1. The number of nitrogens with two attached hydrogens (primary N) is 1. The van der Waals surface area contributed by atoms with Gasteiger partial charge in [0.15, 0.2) is 0 Å². The van der Waals surface area contributed by atoms with Gasteiger partial charge in [-0.15, -0.1) is 0 Å². The van der Waals surface area contributed by atoms with E-state index in [0.717, 1.165) is 5.56 Å². The van der Waals surface area contributed by atoms with Gasteiger partial charge in [-0.25, -0.2) is 14.8 Å². The number of hydrogen-bond acceptors (Lipinski definition) is 7. The molecule has 0 saturated carbocycles. The number of ether oxygens (including phenoxy) is 1. The summed E-state index contributed by atoms with van der Waals surface area (Å²) in [6, 6.07) is 10.2. The highest BCUT2D eigenvalue weighted by Crippen LogP contribution is 2.24. The van der Waals surface area contributed by atoms with Gasteiger partial charge in [0.25, 0.3) is 5.91 Å². The van der Waals surface area contributed by atoms with E-state index in [2.05, 4.69) is 20.6 Å². The van der Waals surface area contributed by atoms with Crippen molar-refractivity contribution in [2.45, 2.75) is 32.9 Å². The van der Waals surface area contributed by atoms with Crippen molar-refractivity contribution < 1.29 is 19.1 Å². The van der Waals surface area contributed by atoms with Gasteiger partial charge in [0, 0.05) is 23.2 Å². The summed E-state index contributed by atoms with van der Waals surface area (Å²) in [5, 5.41) is 6.38. The first-order valence-electron chi connectivity index (χ1n) is 9.53. The maximum Gasteiger partial charge on any atom is 0.412 e. The molecule has 2 amide bonds. The van der Waals surface area contributed by atoms with E-state index < -0.39 is 17.6 Å². The van der Waals surface area contributed by atoms with Crippen molar-refractivity contribution in [3.63, 3.8) is 0 Å². The monoisotopic (exact) mass is 421 g/mol. The number of rotatable bonds is 6. The first-order chi connectivity index (χ1) is 14.7. The minimum absolute atomic E-state index is 0.147. The highest BCUT2D eigenvalue weighted by atomic mass is 16.6. The van der Waals surface area contributed by atoms with Crippen LogP contribution in [0.25, 0.3) is 10.9 Å². The molecule has 0 bridgehead atoms. The second-order valence-electron chi connectivity index (χ2n) is 7.85. The lowest BCUT2D eigenvalue weighted by molar-refractivity contribution is 0.0635. The molecule has 0 fully saturated rings. The Bertz CT molecular complexity index is 1150. The topological polar surface area (TPSA) is 136 Å². The van der Waals surface area contributed by atoms with Crippen LogP contribution in [0.15, 0.2) is 42.7 Å². The average Bonchev–Trinajstić information content (AvgIpc) is 2.70. The molecule has 0 aliphatic heterocycles. The summed E-state index contributed by atoms with van der Waals surface area (Å²) < 4.78 is 5.26. The number of hydrogen-bond donors (Lipinski definition) is 3. The minimum Gasteiger partial charge on any atom is -0.444 e. The van der Waals surface area contributed by atoms with Crippen LogP contribution >= 0.6 is 0 Å². The third-order valence-electron chi connectivity index (χ3n) is 4.19. The van der Waals surface area contributed by atoms with E-state index >= 15 is 0 Å². The molecule has 4 N–H and O–H groups in total. The number of aldehydes is 1. The Morgan fingerprint density at radius 2 is 1.94 bits per heavy atom. The largest absolute Gasteiger partial charge is 0.444 e. The van der Waals surface area contributed by atoms with Crippen molar-refractivity contribution in [2.24, 2.45) is 5.73 Å². The Balaban J connectivity index is 1.82. The SMILES string of the molecule is CC(C)(C)OC(=O)Nc1cccc(CNc2ncnc3c(C(N)=O)cc(C=O)cc23)c1. The van der Waals surface area contributed by atoms with Crippen LogP contribution in [-0.4, -0.2) is 33.9 Å². The summed E-state index contributed by atoms with van der Waals surface area (Å²) in [5.74, 6) is -0.235. The van der Waals surface area contributed by atoms with Gasteiger partial charge in [-0.05, 0) is 50.6 Å². The van der Waals surface area contributed by atoms with Crippen LogP contribution in [0.5, 0.6) is 0 Å². The van der Waals surface area contributed by atoms with Gasteiger partial charge in [0.05, 0.1) is 11.1 Å². The maximum absolute atomic E-state index is 12.0. The summed E-state index contributed by atoms with van der Waals surface area (Å²) >= 11 is 0. The number of fused-ring (bicyclic) bond motifs is 1. The molecule has 0 radical (unpaired) electrons. The average molecular weight is 421 g/mol. The maximum atomic E-state index is 12.0. The molecule has 2 aromatic carbocycles. The quantitative estimate of drug-likeness (QED) is 0.518. The fraction of sp³-hybridized carbons (Fsp3) is 0.227. The number of nitrogens with one attached hydrogen (secondary N) is 2. The van der Waals surface area contributed by atoms with E-state index in [0.29, 0.717) is 40.8 Å². The van der Waals surface area contributed by atoms with Crippen LogP contribution in [0.2, 0.25) is 0 Å². The third kappa shape index (κ3) is 5.53.